The van der Waals surface area contributed by atoms with Crippen molar-refractivity contribution in [2.45, 2.75) is 5.16 Å². The lowest BCUT2D eigenvalue weighted by atomic mass is 10.1. The Balaban J connectivity index is 1.11. The van der Waals surface area contributed by atoms with Crippen molar-refractivity contribution in [2.75, 3.05) is 42.1 Å². The molecule has 0 unspecified atom stereocenters. The zero-order chi connectivity index (χ0) is 25.1. The van der Waals surface area contributed by atoms with Crippen LogP contribution in [0.4, 0.5) is 11.4 Å². The monoisotopic (exact) mass is 520 g/mol. The van der Waals surface area contributed by atoms with Crippen molar-refractivity contribution < 1.29 is 14.2 Å². The Morgan fingerprint density at radius 3 is 2.36 bits per heavy atom. The fraction of sp³-hybridized carbons (Fsp3) is 0.222. The lowest BCUT2D eigenvalue weighted by Gasteiger charge is -2.36. The second-order valence-electron chi connectivity index (χ2n) is 8.68. The summed E-state index contributed by atoms with van der Waals surface area (Å²) in [5.41, 5.74) is 4.65. The molecule has 9 heteroatoms. The van der Waals surface area contributed by atoms with E-state index >= 15 is 0 Å². The van der Waals surface area contributed by atoms with E-state index in [9.17, 15) is 9.59 Å². The van der Waals surface area contributed by atoms with Crippen molar-refractivity contribution in [1.29, 1.82) is 0 Å². The van der Waals surface area contributed by atoms with Crippen molar-refractivity contribution >= 4 is 57.6 Å². The van der Waals surface area contributed by atoms with E-state index in [0.29, 0.717) is 29.4 Å². The number of aromatic amines is 1. The lowest BCUT2D eigenvalue weighted by molar-refractivity contribution is -0.683. The second-order valence-corrected chi connectivity index (χ2v) is 10.1. The van der Waals surface area contributed by atoms with Gasteiger partial charge in [-0.25, -0.2) is 9.55 Å². The molecule has 2 heterocycles. The van der Waals surface area contributed by atoms with Gasteiger partial charge in [0.2, 0.25) is 5.91 Å². The van der Waals surface area contributed by atoms with Gasteiger partial charge in [-0.15, -0.1) is 0 Å². The van der Waals surface area contributed by atoms with Crippen LogP contribution in [0, 0.1) is 0 Å². The van der Waals surface area contributed by atoms with E-state index in [4.69, 9.17) is 11.6 Å². The number of thioether (sulfide) groups is 1. The highest BCUT2D eigenvalue weighted by Gasteiger charge is 2.22. The zero-order valence-electron chi connectivity index (χ0n) is 19.9. The van der Waals surface area contributed by atoms with E-state index in [1.807, 2.05) is 54.4 Å². The average molecular weight is 521 g/mol. The van der Waals surface area contributed by atoms with Gasteiger partial charge >= 0.3 is 5.16 Å². The Morgan fingerprint density at radius 1 is 0.972 bits per heavy atom. The largest absolute Gasteiger partial charge is 0.368 e. The van der Waals surface area contributed by atoms with Gasteiger partial charge in [-0.1, -0.05) is 23.7 Å². The summed E-state index contributed by atoms with van der Waals surface area (Å²) in [6.45, 7) is 2.82. The van der Waals surface area contributed by atoms with Crippen LogP contribution in [0.5, 0.6) is 0 Å². The van der Waals surface area contributed by atoms with Crippen LogP contribution in [0.2, 0.25) is 5.02 Å². The number of nitrogens with zero attached hydrogens (tertiary/aromatic N) is 3. The number of aryl methyl sites for hydroxylation is 1. The molecule has 2 N–H and O–H groups in total. The summed E-state index contributed by atoms with van der Waals surface area (Å²) in [6, 6.07) is 23.0. The molecule has 0 bridgehead atoms. The van der Waals surface area contributed by atoms with Crippen LogP contribution in [0.1, 0.15) is 10.4 Å². The van der Waals surface area contributed by atoms with Crippen molar-refractivity contribution in [3.63, 3.8) is 0 Å². The fourth-order valence-corrected chi connectivity index (χ4v) is 5.28. The minimum absolute atomic E-state index is 0.0308. The third kappa shape index (κ3) is 5.34. The minimum Gasteiger partial charge on any atom is -0.368 e. The van der Waals surface area contributed by atoms with E-state index in [0.717, 1.165) is 40.7 Å². The number of aromatic nitrogens is 2. The number of hydrogen-bond acceptors (Lipinski definition) is 4. The Morgan fingerprint density at radius 2 is 1.67 bits per heavy atom. The topological polar surface area (TPSA) is 72.3 Å². The number of nitrogens with one attached hydrogen (secondary N) is 2. The Bertz CT molecular complexity index is 1380. The summed E-state index contributed by atoms with van der Waals surface area (Å²) < 4.78 is 2.06. The predicted molar refractivity (Wildman–Crippen MR) is 145 cm³/mol. The quantitative estimate of drug-likeness (QED) is 0.293. The van der Waals surface area contributed by atoms with Crippen molar-refractivity contribution in [1.82, 2.24) is 9.88 Å². The standard InChI is InChI=1S/C27H26ClN5O2S/c1-31-24-5-3-2-4-23(24)30-27(31)36-18-25(34)29-21-10-12-22(13-11-21)32-14-16-33(17-15-32)26(35)19-6-8-20(28)9-7-19/h2-13H,14-18H2,1H3,(H,29,34)/p+1. The number of hydrogen-bond donors (Lipinski definition) is 2. The number of anilines is 2. The maximum absolute atomic E-state index is 12.7. The first kappa shape index (κ1) is 24.2. The molecule has 1 aliphatic rings. The van der Waals surface area contributed by atoms with Gasteiger partial charge in [0.05, 0.1) is 12.8 Å². The van der Waals surface area contributed by atoms with E-state index in [1.165, 1.54) is 11.8 Å². The van der Waals surface area contributed by atoms with Crippen molar-refractivity contribution in [3.8, 4) is 0 Å². The van der Waals surface area contributed by atoms with Crippen LogP contribution in [0.25, 0.3) is 11.0 Å². The Kier molecular flexibility index (Phi) is 7.16. The Labute approximate surface area is 219 Å². The number of para-hydroxylation sites is 2. The third-order valence-electron chi connectivity index (χ3n) is 6.33. The summed E-state index contributed by atoms with van der Waals surface area (Å²) in [4.78, 5) is 32.7. The first-order valence-electron chi connectivity index (χ1n) is 11.8. The number of H-pyrrole nitrogens is 1. The number of imidazole rings is 1. The molecule has 2 amide bonds. The molecule has 3 aromatic carbocycles. The summed E-state index contributed by atoms with van der Waals surface area (Å²) in [6.07, 6.45) is 0. The SMILES string of the molecule is C[n+]1c(SCC(=O)Nc2ccc(N3CCN(C(=O)c4ccc(Cl)cc4)CC3)cc2)[nH]c2ccccc21. The molecule has 7 nitrogen and oxygen atoms in total. The smallest absolute Gasteiger partial charge is 0.317 e. The number of piperazine rings is 1. The second kappa shape index (κ2) is 10.6. The maximum atomic E-state index is 12.7. The normalized spacial score (nSPS) is 13.7. The van der Waals surface area contributed by atoms with Gasteiger partial charge in [-0.05, 0) is 72.4 Å². The molecule has 0 atom stereocenters. The molecule has 1 saturated heterocycles. The molecular weight excluding hydrogens is 494 g/mol. The first-order chi connectivity index (χ1) is 17.5. The van der Waals surface area contributed by atoms with Crippen molar-refractivity contribution in [2.24, 2.45) is 7.05 Å². The van der Waals surface area contributed by atoms with Crippen LogP contribution in [0.15, 0.2) is 78.0 Å². The number of carbonyl (C=O) groups excluding carboxylic acids is 2. The molecule has 184 valence electrons. The number of fused-ring (bicyclic) bond motifs is 1. The first-order valence-corrected chi connectivity index (χ1v) is 13.1. The van der Waals surface area contributed by atoms with Gasteiger partial charge in [0.25, 0.3) is 5.91 Å². The van der Waals surface area contributed by atoms with Crippen LogP contribution in [-0.4, -0.2) is 53.6 Å². The molecule has 36 heavy (non-hydrogen) atoms. The van der Waals surface area contributed by atoms with E-state index < -0.39 is 0 Å². The molecule has 1 aromatic heterocycles. The molecule has 4 aromatic rings. The highest BCUT2D eigenvalue weighted by molar-refractivity contribution is 7.99. The lowest BCUT2D eigenvalue weighted by Crippen LogP contribution is -2.48. The summed E-state index contributed by atoms with van der Waals surface area (Å²) in [7, 11) is 1.99. The fourth-order valence-electron chi connectivity index (χ4n) is 4.34. The highest BCUT2D eigenvalue weighted by atomic mass is 35.5. The molecule has 1 fully saturated rings. The van der Waals surface area contributed by atoms with Crippen LogP contribution >= 0.6 is 23.4 Å². The van der Waals surface area contributed by atoms with Crippen LogP contribution in [0.3, 0.4) is 0 Å². The van der Waals surface area contributed by atoms with Gasteiger partial charge in [-0.3, -0.25) is 9.59 Å². The third-order valence-corrected chi connectivity index (χ3v) is 7.63. The Hall–Kier alpha value is -3.49. The molecule has 1 aliphatic heterocycles. The number of amides is 2. The molecule has 0 radical (unpaired) electrons. The van der Waals surface area contributed by atoms with E-state index in [2.05, 4.69) is 25.8 Å². The number of rotatable bonds is 6. The maximum Gasteiger partial charge on any atom is 0.317 e. The minimum atomic E-state index is -0.0549. The number of benzene rings is 3. The van der Waals surface area contributed by atoms with Crippen LogP contribution < -0.4 is 14.8 Å². The van der Waals surface area contributed by atoms with Gasteiger partial charge in [0.15, 0.2) is 11.0 Å². The molecule has 0 saturated carbocycles. The molecule has 5 rings (SSSR count). The van der Waals surface area contributed by atoms with Crippen molar-refractivity contribution in [3.05, 3.63) is 83.4 Å². The molecule has 0 spiro atoms. The predicted octanol–water partition coefficient (Wildman–Crippen LogP) is 4.34. The van der Waals surface area contributed by atoms with Crippen LogP contribution in [-0.2, 0) is 11.8 Å². The van der Waals surface area contributed by atoms with Gasteiger partial charge in [0, 0.05) is 48.1 Å². The summed E-state index contributed by atoms with van der Waals surface area (Å²) >= 11 is 7.41. The number of carbonyl (C=O) groups is 2. The van der Waals surface area contributed by atoms with Gasteiger partial charge in [-0.2, -0.15) is 0 Å². The zero-order valence-corrected chi connectivity index (χ0v) is 21.5. The average Bonchev–Trinajstić information content (AvgIpc) is 3.23. The highest BCUT2D eigenvalue weighted by Crippen LogP contribution is 2.22. The molecular formula is C27H27ClN5O2S+. The van der Waals surface area contributed by atoms with Gasteiger partial charge < -0.3 is 15.1 Å². The van der Waals surface area contributed by atoms with Gasteiger partial charge in [0.1, 0.15) is 0 Å². The van der Waals surface area contributed by atoms with E-state index in [-0.39, 0.29) is 11.8 Å². The summed E-state index contributed by atoms with van der Waals surface area (Å²) in [5.74, 6) is 0.287. The van der Waals surface area contributed by atoms with E-state index in [1.54, 1.807) is 24.3 Å². The number of halogens is 1. The molecule has 0 aliphatic carbocycles. The summed E-state index contributed by atoms with van der Waals surface area (Å²) in [5, 5.41) is 4.54.